The van der Waals surface area contributed by atoms with Gasteiger partial charge in [0.05, 0.1) is 18.3 Å². The van der Waals surface area contributed by atoms with Crippen LogP contribution in [0.1, 0.15) is 84.1 Å². The number of fused-ring (bicyclic) bond motifs is 5. The molecule has 4 fully saturated rings. The van der Waals surface area contributed by atoms with Crippen molar-refractivity contribution in [2.24, 2.45) is 46.3 Å². The van der Waals surface area contributed by atoms with Gasteiger partial charge in [-0.2, -0.15) is 0 Å². The van der Waals surface area contributed by atoms with Gasteiger partial charge in [0.2, 0.25) is 5.91 Å². The van der Waals surface area contributed by atoms with Crippen molar-refractivity contribution in [3.63, 3.8) is 0 Å². The third-order valence-electron chi connectivity index (χ3n) is 11.7. The zero-order valence-electron chi connectivity index (χ0n) is 22.4. The Morgan fingerprint density at radius 2 is 1.78 bits per heavy atom. The van der Waals surface area contributed by atoms with Crippen LogP contribution in [0, 0.1) is 46.3 Å². The molecule has 1 unspecified atom stereocenters. The fraction of sp³-hybridized carbons (Fsp3) is 0.774. The molecular formula is C31H47NO4. The lowest BCUT2D eigenvalue weighted by atomic mass is 9.43. The second-order valence-electron chi connectivity index (χ2n) is 13.3. The van der Waals surface area contributed by atoms with Crippen LogP contribution in [0.2, 0.25) is 0 Å². The SMILES string of the molecule is C[C@H](CCC(=O)NCc1ccccc1)C1CC[C@H]2[C@@H]3[C@H](O)C[C@@H]4C[C@H](O)CC[C@]4(C)[C@H]3C[C@H](O)[C@]12C. The smallest absolute Gasteiger partial charge is 0.220 e. The Kier molecular flexibility index (Phi) is 7.30. The van der Waals surface area contributed by atoms with Crippen molar-refractivity contribution in [3.05, 3.63) is 35.9 Å². The minimum absolute atomic E-state index is 0.0933. The molecule has 36 heavy (non-hydrogen) atoms. The number of aliphatic hydroxyl groups excluding tert-OH is 3. The number of aliphatic hydroxyl groups is 3. The van der Waals surface area contributed by atoms with Crippen LogP contribution in [0.15, 0.2) is 30.3 Å². The van der Waals surface area contributed by atoms with E-state index in [-0.39, 0.29) is 41.0 Å². The fourth-order valence-corrected chi connectivity index (χ4v) is 9.58. The van der Waals surface area contributed by atoms with Gasteiger partial charge in [-0.3, -0.25) is 4.79 Å². The lowest BCUT2D eigenvalue weighted by molar-refractivity contribution is -0.207. The quantitative estimate of drug-likeness (QED) is 0.459. The minimum Gasteiger partial charge on any atom is -0.393 e. The zero-order chi connectivity index (χ0) is 25.7. The average Bonchev–Trinajstić information content (AvgIpc) is 3.22. The number of benzene rings is 1. The lowest BCUT2D eigenvalue weighted by Crippen LogP contribution is -2.62. The molecule has 0 radical (unpaired) electrons. The third-order valence-corrected chi connectivity index (χ3v) is 11.7. The van der Waals surface area contributed by atoms with E-state index in [0.29, 0.717) is 42.6 Å². The summed E-state index contributed by atoms with van der Waals surface area (Å²) in [4.78, 5) is 12.6. The van der Waals surface area contributed by atoms with E-state index in [2.05, 4.69) is 26.1 Å². The van der Waals surface area contributed by atoms with Crippen molar-refractivity contribution in [1.29, 1.82) is 0 Å². The summed E-state index contributed by atoms with van der Waals surface area (Å²) >= 11 is 0. The Morgan fingerprint density at radius 1 is 1.03 bits per heavy atom. The Bertz CT molecular complexity index is 922. The van der Waals surface area contributed by atoms with Crippen LogP contribution in [-0.2, 0) is 11.3 Å². The molecule has 4 saturated carbocycles. The highest BCUT2D eigenvalue weighted by Crippen LogP contribution is 2.68. The van der Waals surface area contributed by atoms with Crippen LogP contribution < -0.4 is 5.32 Å². The molecular weight excluding hydrogens is 450 g/mol. The van der Waals surface area contributed by atoms with Crippen LogP contribution in [0.5, 0.6) is 0 Å². The standard InChI is InChI=1S/C31H47NO4/c1-19(9-12-28(36)32-18-20-7-5-4-6-8-20)23-10-11-24-29-25(17-27(35)31(23,24)3)30(2)14-13-22(33)15-21(30)16-26(29)34/h4-8,19,21-27,29,33-35H,9-18H2,1-3H3,(H,32,36)/t19-,21+,22-,23?,24+,25+,26-,27+,29+,30+,31-/m1/s1. The van der Waals surface area contributed by atoms with E-state index in [0.717, 1.165) is 56.9 Å². The molecule has 4 aliphatic carbocycles. The molecule has 0 aromatic heterocycles. The highest BCUT2D eigenvalue weighted by molar-refractivity contribution is 5.75. The van der Waals surface area contributed by atoms with Crippen molar-refractivity contribution in [1.82, 2.24) is 5.32 Å². The fourth-order valence-electron chi connectivity index (χ4n) is 9.58. The topological polar surface area (TPSA) is 89.8 Å². The first-order valence-electron chi connectivity index (χ1n) is 14.5. The first-order chi connectivity index (χ1) is 17.1. The average molecular weight is 498 g/mol. The van der Waals surface area contributed by atoms with Gasteiger partial charge in [-0.1, -0.05) is 51.1 Å². The molecule has 200 valence electrons. The van der Waals surface area contributed by atoms with E-state index in [4.69, 9.17) is 0 Å². The number of hydrogen-bond acceptors (Lipinski definition) is 4. The maximum atomic E-state index is 12.6. The van der Waals surface area contributed by atoms with Gasteiger partial charge in [0.15, 0.2) is 0 Å². The summed E-state index contributed by atoms with van der Waals surface area (Å²) in [7, 11) is 0. The summed E-state index contributed by atoms with van der Waals surface area (Å²) in [5.74, 6) is 2.04. The molecule has 5 heteroatoms. The van der Waals surface area contributed by atoms with Crippen LogP contribution >= 0.6 is 0 Å². The second kappa shape index (κ2) is 10.0. The molecule has 4 N–H and O–H groups in total. The molecule has 4 aliphatic rings. The lowest BCUT2D eigenvalue weighted by Gasteiger charge is -2.63. The first-order valence-corrected chi connectivity index (χ1v) is 14.5. The summed E-state index contributed by atoms with van der Waals surface area (Å²) in [6.45, 7) is 7.49. The second-order valence-corrected chi connectivity index (χ2v) is 13.3. The van der Waals surface area contributed by atoms with Crippen LogP contribution in [-0.4, -0.2) is 39.5 Å². The molecule has 1 amide bonds. The van der Waals surface area contributed by atoms with Gasteiger partial charge in [-0.15, -0.1) is 0 Å². The molecule has 0 bridgehead atoms. The highest BCUT2D eigenvalue weighted by Gasteiger charge is 2.65. The van der Waals surface area contributed by atoms with Gasteiger partial charge in [0.1, 0.15) is 0 Å². The van der Waals surface area contributed by atoms with Gasteiger partial charge < -0.3 is 20.6 Å². The number of amides is 1. The Morgan fingerprint density at radius 3 is 2.53 bits per heavy atom. The predicted molar refractivity (Wildman–Crippen MR) is 141 cm³/mol. The van der Waals surface area contributed by atoms with E-state index in [1.165, 1.54) is 0 Å². The van der Waals surface area contributed by atoms with Gasteiger partial charge in [-0.25, -0.2) is 0 Å². The largest absolute Gasteiger partial charge is 0.393 e. The summed E-state index contributed by atoms with van der Waals surface area (Å²) in [5, 5.41) is 36.5. The minimum atomic E-state index is -0.375. The highest BCUT2D eigenvalue weighted by atomic mass is 16.3. The monoisotopic (exact) mass is 497 g/mol. The summed E-state index contributed by atoms with van der Waals surface area (Å²) in [6.07, 6.45) is 6.70. The van der Waals surface area contributed by atoms with E-state index in [1.807, 2.05) is 30.3 Å². The van der Waals surface area contributed by atoms with Gasteiger partial charge in [0.25, 0.3) is 0 Å². The molecule has 1 aromatic carbocycles. The molecule has 0 saturated heterocycles. The molecule has 0 aliphatic heterocycles. The number of nitrogens with one attached hydrogen (secondary N) is 1. The van der Waals surface area contributed by atoms with Crippen LogP contribution in [0.4, 0.5) is 0 Å². The summed E-state index contributed by atoms with van der Waals surface area (Å²) in [6, 6.07) is 10.0. The zero-order valence-corrected chi connectivity index (χ0v) is 22.4. The summed E-state index contributed by atoms with van der Waals surface area (Å²) < 4.78 is 0. The van der Waals surface area contributed by atoms with Crippen molar-refractivity contribution >= 4 is 5.91 Å². The Labute approximate surface area is 217 Å². The van der Waals surface area contributed by atoms with E-state index in [9.17, 15) is 20.1 Å². The molecule has 5 rings (SSSR count). The Balaban J connectivity index is 1.25. The van der Waals surface area contributed by atoms with E-state index >= 15 is 0 Å². The molecule has 11 atom stereocenters. The van der Waals surface area contributed by atoms with Crippen molar-refractivity contribution in [2.45, 2.75) is 103 Å². The van der Waals surface area contributed by atoms with Crippen molar-refractivity contribution in [2.75, 3.05) is 0 Å². The van der Waals surface area contributed by atoms with Crippen LogP contribution in [0.3, 0.4) is 0 Å². The third kappa shape index (κ3) is 4.43. The number of carbonyl (C=O) groups excluding carboxylic acids is 1. The van der Waals surface area contributed by atoms with Crippen molar-refractivity contribution in [3.8, 4) is 0 Å². The molecule has 0 heterocycles. The van der Waals surface area contributed by atoms with E-state index < -0.39 is 0 Å². The van der Waals surface area contributed by atoms with Gasteiger partial charge in [-0.05, 0) is 103 Å². The van der Waals surface area contributed by atoms with Gasteiger partial charge >= 0.3 is 0 Å². The molecule has 5 nitrogen and oxygen atoms in total. The van der Waals surface area contributed by atoms with Crippen LogP contribution in [0.25, 0.3) is 0 Å². The normalized spacial score (nSPS) is 44.7. The maximum absolute atomic E-state index is 12.6. The van der Waals surface area contributed by atoms with Gasteiger partial charge in [0, 0.05) is 13.0 Å². The summed E-state index contributed by atoms with van der Waals surface area (Å²) in [5.41, 5.74) is 1.00. The predicted octanol–water partition coefficient (Wildman–Crippen LogP) is 4.68. The number of carbonyl (C=O) groups is 1. The molecule has 1 aromatic rings. The number of hydrogen-bond donors (Lipinski definition) is 4. The maximum Gasteiger partial charge on any atom is 0.220 e. The Hall–Kier alpha value is -1.43. The first kappa shape index (κ1) is 26.2. The number of rotatable bonds is 6. The van der Waals surface area contributed by atoms with Crippen molar-refractivity contribution < 1.29 is 20.1 Å². The van der Waals surface area contributed by atoms with E-state index in [1.54, 1.807) is 0 Å². The molecule has 0 spiro atoms.